The van der Waals surface area contributed by atoms with E-state index in [4.69, 9.17) is 6.42 Å². The Bertz CT molecular complexity index is 877. The van der Waals surface area contributed by atoms with Crippen molar-refractivity contribution in [2.75, 3.05) is 17.6 Å². The van der Waals surface area contributed by atoms with Gasteiger partial charge in [-0.05, 0) is 25.0 Å². The van der Waals surface area contributed by atoms with E-state index in [2.05, 4.69) is 27.4 Å². The first kappa shape index (κ1) is 18.8. The van der Waals surface area contributed by atoms with Gasteiger partial charge in [-0.2, -0.15) is 0 Å². The van der Waals surface area contributed by atoms with Crippen molar-refractivity contribution in [3.63, 3.8) is 0 Å². The van der Waals surface area contributed by atoms with E-state index in [1.54, 1.807) is 10.4 Å². The first-order chi connectivity index (χ1) is 13.5. The van der Waals surface area contributed by atoms with Crippen LogP contribution >= 0.6 is 11.1 Å². The van der Waals surface area contributed by atoms with Gasteiger partial charge in [-0.3, -0.25) is 24.0 Å². The summed E-state index contributed by atoms with van der Waals surface area (Å²) in [7, 11) is 0. The molecule has 0 radical (unpaired) electrons. The number of thiol groups is 1. The molecule has 4 N–H and O–H groups in total. The van der Waals surface area contributed by atoms with E-state index in [1.165, 1.54) is 0 Å². The highest BCUT2D eigenvalue weighted by molar-refractivity contribution is 8.28. The maximum absolute atomic E-state index is 12.8. The van der Waals surface area contributed by atoms with Crippen molar-refractivity contribution < 1.29 is 14.4 Å². The zero-order valence-corrected chi connectivity index (χ0v) is 16.3. The summed E-state index contributed by atoms with van der Waals surface area (Å²) in [6, 6.07) is 5.60. The summed E-state index contributed by atoms with van der Waals surface area (Å²) in [5.74, 6) is 2.68. The lowest BCUT2D eigenvalue weighted by Gasteiger charge is -2.32. The fraction of sp³-hybridized carbons (Fsp3) is 0.421. The van der Waals surface area contributed by atoms with Crippen molar-refractivity contribution in [1.82, 2.24) is 20.5 Å². The summed E-state index contributed by atoms with van der Waals surface area (Å²) >= 11 is -1.34. The van der Waals surface area contributed by atoms with Gasteiger partial charge < -0.3 is 5.32 Å². The Morgan fingerprint density at radius 1 is 1.25 bits per heavy atom. The number of hydrazine groups is 1. The van der Waals surface area contributed by atoms with E-state index >= 15 is 0 Å². The molecule has 0 aromatic heterocycles. The first-order valence-electron chi connectivity index (χ1n) is 9.30. The lowest BCUT2D eigenvalue weighted by molar-refractivity contribution is -0.119. The van der Waals surface area contributed by atoms with E-state index in [0.29, 0.717) is 24.3 Å². The average Bonchev–Trinajstić information content (AvgIpc) is 3.37. The number of carbonyl (C=O) groups is 3. The summed E-state index contributed by atoms with van der Waals surface area (Å²) < 4.78 is 1.63. The number of carbonyl (C=O) groups excluding carboxylic acids is 3. The van der Waals surface area contributed by atoms with E-state index < -0.39 is 11.1 Å². The molecule has 28 heavy (non-hydrogen) atoms. The largest absolute Gasteiger partial charge is 0.385 e. The van der Waals surface area contributed by atoms with Gasteiger partial charge in [0.15, 0.2) is 0 Å². The Labute approximate surface area is 166 Å². The predicted octanol–water partition coefficient (Wildman–Crippen LogP) is 1.22. The zero-order valence-electron chi connectivity index (χ0n) is 15.4. The van der Waals surface area contributed by atoms with Gasteiger partial charge in [0.05, 0.1) is 12.2 Å². The van der Waals surface area contributed by atoms with Crippen LogP contribution in [0.15, 0.2) is 18.2 Å². The second-order valence-electron chi connectivity index (χ2n) is 7.13. The maximum atomic E-state index is 12.8. The van der Waals surface area contributed by atoms with Crippen LogP contribution in [0.4, 0.5) is 10.5 Å². The molecule has 0 spiro atoms. The maximum Gasteiger partial charge on any atom is 0.282 e. The molecular weight excluding hydrogens is 378 g/mol. The number of terminal acetylenes is 1. The average molecular weight is 401 g/mol. The molecule has 4 rings (SSSR count). The molecule has 9 heteroatoms. The summed E-state index contributed by atoms with van der Waals surface area (Å²) in [5.41, 5.74) is 8.68. The predicted molar refractivity (Wildman–Crippen MR) is 109 cm³/mol. The molecule has 2 fully saturated rings. The Kier molecular flexibility index (Phi) is 5.02. The lowest BCUT2D eigenvalue weighted by atomic mass is 10.0. The highest BCUT2D eigenvalue weighted by atomic mass is 32.2. The summed E-state index contributed by atoms with van der Waals surface area (Å²) in [6.45, 7) is 1.11. The standard InChI is InChI=1S/C19H23N5O3S/c1-2-3-8-19(22-23-19)9-10-20-15-6-4-5-13-14(15)12-24(17(13)26)28-11-7-16(25)21-18(28)27/h1,4-6,20,22-23,28H,3,7-12H2,(H,21,25,27). The monoisotopic (exact) mass is 401 g/mol. The third-order valence-corrected chi connectivity index (χ3v) is 7.45. The topological polar surface area (TPSA) is 122 Å². The summed E-state index contributed by atoms with van der Waals surface area (Å²) in [5, 5.41) is 5.45. The number of nitrogens with zero attached hydrogens (tertiary/aromatic N) is 1. The number of hydrogen-bond donors (Lipinski definition) is 5. The number of hydrogen-bond acceptors (Lipinski definition) is 6. The van der Waals surface area contributed by atoms with Crippen LogP contribution in [0, 0.1) is 12.3 Å². The number of fused-ring (bicyclic) bond motifs is 1. The van der Waals surface area contributed by atoms with Gasteiger partial charge in [-0.25, -0.2) is 10.9 Å². The van der Waals surface area contributed by atoms with Crippen LogP contribution in [-0.2, 0) is 11.3 Å². The number of amides is 3. The van der Waals surface area contributed by atoms with Crippen molar-refractivity contribution in [3.8, 4) is 12.3 Å². The minimum atomic E-state index is -1.34. The molecule has 1 unspecified atom stereocenters. The van der Waals surface area contributed by atoms with Crippen LogP contribution in [0.1, 0.15) is 41.6 Å². The van der Waals surface area contributed by atoms with Crippen LogP contribution < -0.4 is 21.5 Å². The summed E-state index contributed by atoms with van der Waals surface area (Å²) in [4.78, 5) is 36.5. The molecule has 0 saturated carbocycles. The summed E-state index contributed by atoms with van der Waals surface area (Å²) in [6.07, 6.45) is 8.05. The number of rotatable bonds is 7. The number of anilines is 1. The SMILES string of the molecule is C#CCCC1(CCNc2cccc3c2CN([SH]2CCC(=O)NC2=O)C3=O)NN1. The van der Waals surface area contributed by atoms with Crippen LogP contribution in [-0.4, -0.2) is 39.3 Å². The van der Waals surface area contributed by atoms with E-state index in [0.717, 1.165) is 30.6 Å². The van der Waals surface area contributed by atoms with Crippen LogP contribution in [0.25, 0.3) is 0 Å². The van der Waals surface area contributed by atoms with Gasteiger partial charge in [-0.15, -0.1) is 12.3 Å². The fourth-order valence-electron chi connectivity index (χ4n) is 3.62. The number of imide groups is 1. The smallest absolute Gasteiger partial charge is 0.282 e. The highest BCUT2D eigenvalue weighted by Gasteiger charge is 2.41. The van der Waals surface area contributed by atoms with Gasteiger partial charge in [0.25, 0.3) is 11.1 Å². The Morgan fingerprint density at radius 2 is 2.07 bits per heavy atom. The Hall–Kier alpha value is -2.54. The van der Waals surface area contributed by atoms with Crippen LogP contribution in [0.5, 0.6) is 0 Å². The second-order valence-corrected chi connectivity index (χ2v) is 9.27. The molecule has 0 aliphatic carbocycles. The molecule has 3 amide bonds. The molecule has 2 saturated heterocycles. The zero-order chi connectivity index (χ0) is 19.7. The van der Waals surface area contributed by atoms with E-state index in [9.17, 15) is 14.4 Å². The molecule has 1 aromatic carbocycles. The highest BCUT2D eigenvalue weighted by Crippen LogP contribution is 2.42. The minimum Gasteiger partial charge on any atom is -0.385 e. The fourth-order valence-corrected chi connectivity index (χ4v) is 5.60. The molecule has 3 heterocycles. The van der Waals surface area contributed by atoms with E-state index in [1.807, 2.05) is 12.1 Å². The van der Waals surface area contributed by atoms with Crippen molar-refractivity contribution in [1.29, 1.82) is 0 Å². The van der Waals surface area contributed by atoms with Gasteiger partial charge in [0, 0.05) is 42.0 Å². The first-order valence-corrected chi connectivity index (χ1v) is 10.8. The molecular formula is C19H23N5O3S. The lowest BCUT2D eigenvalue weighted by Crippen LogP contribution is -2.40. The molecule has 0 bridgehead atoms. The molecule has 148 valence electrons. The van der Waals surface area contributed by atoms with Crippen LogP contribution in [0.2, 0.25) is 0 Å². The third-order valence-electron chi connectivity index (χ3n) is 5.31. The van der Waals surface area contributed by atoms with Crippen molar-refractivity contribution in [3.05, 3.63) is 29.3 Å². The van der Waals surface area contributed by atoms with E-state index in [-0.39, 0.29) is 29.1 Å². The number of benzene rings is 1. The molecule has 1 aromatic rings. The molecule has 3 aliphatic heterocycles. The quantitative estimate of drug-likeness (QED) is 0.266. The minimum absolute atomic E-state index is 0.102. The Balaban J connectivity index is 1.42. The van der Waals surface area contributed by atoms with Gasteiger partial charge in [-0.1, -0.05) is 17.1 Å². The number of nitrogens with one attached hydrogen (secondary N) is 4. The van der Waals surface area contributed by atoms with Gasteiger partial charge >= 0.3 is 0 Å². The van der Waals surface area contributed by atoms with Gasteiger partial charge in [0.1, 0.15) is 0 Å². The Morgan fingerprint density at radius 3 is 2.79 bits per heavy atom. The van der Waals surface area contributed by atoms with Crippen molar-refractivity contribution in [2.45, 2.75) is 37.9 Å². The normalized spacial score (nSPS) is 23.8. The van der Waals surface area contributed by atoms with Crippen molar-refractivity contribution in [2.24, 2.45) is 0 Å². The van der Waals surface area contributed by atoms with Crippen molar-refractivity contribution >= 4 is 33.8 Å². The molecule has 8 nitrogen and oxygen atoms in total. The molecule has 3 aliphatic rings. The molecule has 1 atom stereocenters. The third kappa shape index (κ3) is 3.58. The second kappa shape index (κ2) is 7.47. The van der Waals surface area contributed by atoms with Gasteiger partial charge in [0.2, 0.25) is 5.91 Å². The van der Waals surface area contributed by atoms with Crippen LogP contribution in [0.3, 0.4) is 0 Å².